The van der Waals surface area contributed by atoms with E-state index >= 15 is 0 Å². The van der Waals surface area contributed by atoms with E-state index in [-0.39, 0.29) is 0 Å². The summed E-state index contributed by atoms with van der Waals surface area (Å²) < 4.78 is 12.7. The van der Waals surface area contributed by atoms with Crippen LogP contribution in [0.1, 0.15) is 24.2 Å². The Hall–Kier alpha value is -2.01. The Morgan fingerprint density at radius 1 is 1.37 bits per heavy atom. The predicted octanol–water partition coefficient (Wildman–Crippen LogP) is 2.06. The summed E-state index contributed by atoms with van der Waals surface area (Å²) in [4.78, 5) is 0. The van der Waals surface area contributed by atoms with E-state index in [9.17, 15) is 5.11 Å². The van der Waals surface area contributed by atoms with E-state index in [0.717, 1.165) is 11.1 Å². The lowest BCUT2D eigenvalue weighted by Gasteiger charge is -2.12. The van der Waals surface area contributed by atoms with Gasteiger partial charge in [-0.15, -0.1) is 0 Å². The first-order chi connectivity index (χ1) is 9.10. The standard InChI is InChI=1S/C14H18N2O3/c1-10(17)12-4-5-13(14(6-12)18-3)19-9-11-7-15-16(2)8-11/h4-8,10,17H,9H2,1-3H3/t10-/m0/s1. The highest BCUT2D eigenvalue weighted by molar-refractivity contribution is 5.43. The fourth-order valence-electron chi connectivity index (χ4n) is 1.77. The lowest BCUT2D eigenvalue weighted by molar-refractivity contribution is 0.198. The molecule has 0 bridgehead atoms. The molecule has 0 unspecified atom stereocenters. The summed E-state index contributed by atoms with van der Waals surface area (Å²) in [7, 11) is 3.44. The molecule has 5 heteroatoms. The summed E-state index contributed by atoms with van der Waals surface area (Å²) in [5, 5.41) is 13.6. The summed E-state index contributed by atoms with van der Waals surface area (Å²) in [6.07, 6.45) is 3.13. The lowest BCUT2D eigenvalue weighted by Crippen LogP contribution is -1.99. The van der Waals surface area contributed by atoms with Crippen LogP contribution in [0.3, 0.4) is 0 Å². The van der Waals surface area contributed by atoms with Crippen LogP contribution in [0.2, 0.25) is 0 Å². The number of ether oxygens (including phenoxy) is 2. The normalized spacial score (nSPS) is 12.2. The molecule has 1 N–H and O–H groups in total. The van der Waals surface area contributed by atoms with Gasteiger partial charge in [-0.25, -0.2) is 0 Å². The molecule has 1 heterocycles. The van der Waals surface area contributed by atoms with Gasteiger partial charge in [0.05, 0.1) is 19.4 Å². The summed E-state index contributed by atoms with van der Waals surface area (Å²) in [5.74, 6) is 1.26. The minimum absolute atomic E-state index is 0.429. The van der Waals surface area contributed by atoms with Crippen molar-refractivity contribution in [3.8, 4) is 11.5 Å². The van der Waals surface area contributed by atoms with Gasteiger partial charge >= 0.3 is 0 Å². The number of hydrogen-bond donors (Lipinski definition) is 1. The van der Waals surface area contributed by atoms with Crippen LogP contribution in [-0.2, 0) is 13.7 Å². The van der Waals surface area contributed by atoms with Gasteiger partial charge in [0.25, 0.3) is 0 Å². The molecule has 2 aromatic rings. The van der Waals surface area contributed by atoms with Crippen molar-refractivity contribution >= 4 is 0 Å². The van der Waals surface area contributed by atoms with Gasteiger partial charge in [-0.3, -0.25) is 4.68 Å². The molecule has 0 saturated carbocycles. The topological polar surface area (TPSA) is 56.5 Å². The maximum Gasteiger partial charge on any atom is 0.161 e. The number of aliphatic hydroxyl groups is 1. The number of rotatable bonds is 5. The predicted molar refractivity (Wildman–Crippen MR) is 71.2 cm³/mol. The zero-order chi connectivity index (χ0) is 13.8. The van der Waals surface area contributed by atoms with Crippen LogP contribution in [0, 0.1) is 0 Å². The zero-order valence-electron chi connectivity index (χ0n) is 11.3. The monoisotopic (exact) mass is 262 g/mol. The summed E-state index contributed by atoms with van der Waals surface area (Å²) in [6, 6.07) is 5.41. The second kappa shape index (κ2) is 5.75. The van der Waals surface area contributed by atoms with E-state index in [1.54, 1.807) is 37.0 Å². The van der Waals surface area contributed by atoms with Crippen LogP contribution < -0.4 is 9.47 Å². The summed E-state index contributed by atoms with van der Waals surface area (Å²) in [5.41, 5.74) is 1.79. The van der Waals surface area contributed by atoms with Gasteiger partial charge in [0, 0.05) is 18.8 Å². The smallest absolute Gasteiger partial charge is 0.161 e. The van der Waals surface area contributed by atoms with Crippen molar-refractivity contribution in [2.45, 2.75) is 19.6 Å². The van der Waals surface area contributed by atoms with Gasteiger partial charge in [0.15, 0.2) is 11.5 Å². The quantitative estimate of drug-likeness (QED) is 0.896. The molecule has 1 atom stereocenters. The molecule has 0 radical (unpaired) electrons. The molecule has 102 valence electrons. The SMILES string of the molecule is COc1cc([C@H](C)O)ccc1OCc1cnn(C)c1. The third-order valence-electron chi connectivity index (χ3n) is 2.82. The first-order valence-corrected chi connectivity index (χ1v) is 6.06. The minimum Gasteiger partial charge on any atom is -0.493 e. The average molecular weight is 262 g/mol. The molecular formula is C14H18N2O3. The van der Waals surface area contributed by atoms with Crippen LogP contribution in [0.25, 0.3) is 0 Å². The lowest BCUT2D eigenvalue weighted by atomic mass is 10.1. The molecule has 0 saturated heterocycles. The maximum absolute atomic E-state index is 9.54. The van der Waals surface area contributed by atoms with Crippen molar-refractivity contribution in [2.75, 3.05) is 7.11 Å². The number of aryl methyl sites for hydroxylation is 1. The van der Waals surface area contributed by atoms with E-state index in [0.29, 0.717) is 18.1 Å². The van der Waals surface area contributed by atoms with Gasteiger partial charge in [-0.1, -0.05) is 6.07 Å². The molecule has 5 nitrogen and oxygen atoms in total. The Labute approximate surface area is 112 Å². The van der Waals surface area contributed by atoms with E-state index in [1.807, 2.05) is 19.3 Å². The molecule has 0 aliphatic carbocycles. The average Bonchev–Trinajstić information content (AvgIpc) is 2.81. The molecule has 0 fully saturated rings. The molecule has 19 heavy (non-hydrogen) atoms. The number of benzene rings is 1. The fourth-order valence-corrected chi connectivity index (χ4v) is 1.77. The Morgan fingerprint density at radius 3 is 2.74 bits per heavy atom. The Balaban J connectivity index is 2.11. The van der Waals surface area contributed by atoms with Gasteiger partial charge in [0.2, 0.25) is 0 Å². The minimum atomic E-state index is -0.527. The molecule has 0 aliphatic rings. The number of aromatic nitrogens is 2. The van der Waals surface area contributed by atoms with E-state index < -0.39 is 6.10 Å². The van der Waals surface area contributed by atoms with Crippen molar-refractivity contribution in [3.63, 3.8) is 0 Å². The van der Waals surface area contributed by atoms with E-state index in [4.69, 9.17) is 9.47 Å². The van der Waals surface area contributed by atoms with Gasteiger partial charge in [0.1, 0.15) is 6.61 Å². The molecule has 2 rings (SSSR count). The highest BCUT2D eigenvalue weighted by atomic mass is 16.5. The zero-order valence-corrected chi connectivity index (χ0v) is 11.3. The molecule has 1 aromatic heterocycles. The maximum atomic E-state index is 9.54. The third-order valence-corrected chi connectivity index (χ3v) is 2.82. The summed E-state index contributed by atoms with van der Waals surface area (Å²) >= 11 is 0. The van der Waals surface area contributed by atoms with Gasteiger partial charge in [-0.05, 0) is 24.6 Å². The second-order valence-corrected chi connectivity index (χ2v) is 4.40. The van der Waals surface area contributed by atoms with Crippen molar-refractivity contribution < 1.29 is 14.6 Å². The molecular weight excluding hydrogens is 244 g/mol. The summed E-state index contributed by atoms with van der Waals surface area (Å²) in [6.45, 7) is 2.14. The highest BCUT2D eigenvalue weighted by Crippen LogP contribution is 2.30. The number of hydrogen-bond acceptors (Lipinski definition) is 4. The second-order valence-electron chi connectivity index (χ2n) is 4.40. The third kappa shape index (κ3) is 3.26. The van der Waals surface area contributed by atoms with E-state index in [1.165, 1.54) is 0 Å². The Kier molecular flexibility index (Phi) is 4.06. The molecule has 1 aromatic carbocycles. The van der Waals surface area contributed by atoms with Gasteiger partial charge < -0.3 is 14.6 Å². The highest BCUT2D eigenvalue weighted by Gasteiger charge is 2.09. The van der Waals surface area contributed by atoms with Crippen molar-refractivity contribution in [1.82, 2.24) is 9.78 Å². The van der Waals surface area contributed by atoms with Crippen LogP contribution in [0.15, 0.2) is 30.6 Å². The first-order valence-electron chi connectivity index (χ1n) is 6.06. The molecule has 0 spiro atoms. The fraction of sp³-hybridized carbons (Fsp3) is 0.357. The van der Waals surface area contributed by atoms with Crippen molar-refractivity contribution in [3.05, 3.63) is 41.7 Å². The van der Waals surface area contributed by atoms with Crippen molar-refractivity contribution in [1.29, 1.82) is 0 Å². The van der Waals surface area contributed by atoms with Gasteiger partial charge in [-0.2, -0.15) is 5.10 Å². The molecule has 0 amide bonds. The van der Waals surface area contributed by atoms with Crippen molar-refractivity contribution in [2.24, 2.45) is 7.05 Å². The first kappa shape index (κ1) is 13.4. The Morgan fingerprint density at radius 2 is 2.16 bits per heavy atom. The Bertz CT molecular complexity index is 549. The number of nitrogens with zero attached hydrogens (tertiary/aromatic N) is 2. The van der Waals surface area contributed by atoms with Crippen LogP contribution in [0.4, 0.5) is 0 Å². The van der Waals surface area contributed by atoms with E-state index in [2.05, 4.69) is 5.10 Å². The van der Waals surface area contributed by atoms with Crippen LogP contribution >= 0.6 is 0 Å². The number of methoxy groups -OCH3 is 1. The molecule has 0 aliphatic heterocycles. The van der Waals surface area contributed by atoms with Crippen LogP contribution in [0.5, 0.6) is 11.5 Å². The number of aliphatic hydroxyl groups excluding tert-OH is 1. The van der Waals surface area contributed by atoms with Crippen LogP contribution in [-0.4, -0.2) is 22.0 Å². The largest absolute Gasteiger partial charge is 0.493 e.